The van der Waals surface area contributed by atoms with Gasteiger partial charge in [0, 0.05) is 45.3 Å². The van der Waals surface area contributed by atoms with Crippen LogP contribution in [-0.2, 0) is 30.0 Å². The molecule has 10 nitrogen and oxygen atoms in total. The summed E-state index contributed by atoms with van der Waals surface area (Å²) in [4.78, 5) is 28.3. The molecule has 2 fully saturated rings. The summed E-state index contributed by atoms with van der Waals surface area (Å²) in [5.74, 6) is -0.128. The van der Waals surface area contributed by atoms with E-state index in [0.717, 1.165) is 83.8 Å². The second-order valence-electron chi connectivity index (χ2n) is 16.4. The molecular weight excluding hydrogens is 667 g/mol. The Morgan fingerprint density at radius 3 is 2.30 bits per heavy atom. The second-order valence-corrected chi connectivity index (χ2v) is 16.4. The number of nitrogens with zero attached hydrogens (tertiary/aromatic N) is 4. The summed E-state index contributed by atoms with van der Waals surface area (Å²) in [6, 6.07) is 15.2. The molecule has 3 aromatic rings. The van der Waals surface area contributed by atoms with Crippen LogP contribution in [-0.4, -0.2) is 89.3 Å². The SMILES string of the molecule is CC/C(B1OC(C)(C)C(C)(C)O1)=C(/c1ccc(CCCN(C/C=C/C(=O)N(C)C)C(=O)OC(C)(C)C)cc1)c1ccc2c(cnn2C2CCCCO2)c1. The Kier molecular flexibility index (Phi) is 12.6. The van der Waals surface area contributed by atoms with Crippen molar-refractivity contribution in [3.63, 3.8) is 0 Å². The first-order chi connectivity index (χ1) is 25.0. The van der Waals surface area contributed by atoms with Gasteiger partial charge in [-0.3, -0.25) is 4.79 Å². The van der Waals surface area contributed by atoms with Crippen LogP contribution in [0.3, 0.4) is 0 Å². The summed E-state index contributed by atoms with van der Waals surface area (Å²) in [5.41, 5.74) is 5.00. The molecule has 2 aromatic carbocycles. The molecule has 53 heavy (non-hydrogen) atoms. The Labute approximate surface area is 316 Å². The van der Waals surface area contributed by atoms with E-state index in [4.69, 9.17) is 23.9 Å². The molecular formula is C42H59BN4O6. The number of aromatic nitrogens is 2. The maximum absolute atomic E-state index is 13.0. The van der Waals surface area contributed by atoms with E-state index in [9.17, 15) is 9.59 Å². The van der Waals surface area contributed by atoms with Gasteiger partial charge in [0.25, 0.3) is 0 Å². The summed E-state index contributed by atoms with van der Waals surface area (Å²) in [7, 11) is 2.91. The Bertz CT molecular complexity index is 1780. The van der Waals surface area contributed by atoms with Crippen LogP contribution in [0.1, 0.15) is 110 Å². The van der Waals surface area contributed by atoms with E-state index in [1.54, 1.807) is 25.1 Å². The molecule has 0 bridgehead atoms. The molecule has 3 heterocycles. The third-order valence-corrected chi connectivity index (χ3v) is 10.4. The smallest absolute Gasteiger partial charge is 0.444 e. The van der Waals surface area contributed by atoms with Gasteiger partial charge < -0.3 is 28.6 Å². The summed E-state index contributed by atoms with van der Waals surface area (Å²) in [6.07, 6.45) is 10.2. The average molecular weight is 727 g/mol. The van der Waals surface area contributed by atoms with Gasteiger partial charge in [-0.15, -0.1) is 0 Å². The monoisotopic (exact) mass is 726 g/mol. The van der Waals surface area contributed by atoms with Gasteiger partial charge in [-0.05, 0) is 127 Å². The number of fused-ring (bicyclic) bond motifs is 1. The number of rotatable bonds is 12. The zero-order valence-electron chi connectivity index (χ0n) is 33.5. The molecule has 1 atom stereocenters. The first-order valence-electron chi connectivity index (χ1n) is 19.1. The van der Waals surface area contributed by atoms with Gasteiger partial charge in [0.2, 0.25) is 5.91 Å². The van der Waals surface area contributed by atoms with Crippen LogP contribution in [0, 0.1) is 0 Å². The fraction of sp³-hybridized carbons (Fsp3) is 0.548. The minimum absolute atomic E-state index is 0.0365. The van der Waals surface area contributed by atoms with E-state index in [2.05, 4.69) is 77.1 Å². The third-order valence-electron chi connectivity index (χ3n) is 10.4. The molecule has 2 aliphatic heterocycles. The van der Waals surface area contributed by atoms with Crippen LogP contribution >= 0.6 is 0 Å². The van der Waals surface area contributed by atoms with Gasteiger partial charge in [0.05, 0.1) is 22.9 Å². The van der Waals surface area contributed by atoms with Crippen LogP contribution in [0.15, 0.2) is 66.3 Å². The van der Waals surface area contributed by atoms with Crippen molar-refractivity contribution in [2.75, 3.05) is 33.8 Å². The number of benzene rings is 2. The lowest BCUT2D eigenvalue weighted by Gasteiger charge is -2.32. The predicted octanol–water partition coefficient (Wildman–Crippen LogP) is 8.39. The number of aryl methyl sites for hydroxylation is 1. The van der Waals surface area contributed by atoms with E-state index < -0.39 is 30.0 Å². The summed E-state index contributed by atoms with van der Waals surface area (Å²) in [5, 5.41) is 5.82. The van der Waals surface area contributed by atoms with Crippen molar-refractivity contribution in [3.05, 3.63) is 83.0 Å². The number of amides is 2. The van der Waals surface area contributed by atoms with Crippen molar-refractivity contribution in [2.24, 2.45) is 0 Å². The average Bonchev–Trinajstić information content (AvgIpc) is 3.61. The highest BCUT2D eigenvalue weighted by Crippen LogP contribution is 2.42. The first kappa shape index (κ1) is 40.3. The van der Waals surface area contributed by atoms with Crippen molar-refractivity contribution in [1.29, 1.82) is 0 Å². The maximum Gasteiger partial charge on any atom is 0.491 e. The van der Waals surface area contributed by atoms with E-state index in [1.165, 1.54) is 11.0 Å². The molecule has 2 aliphatic rings. The maximum atomic E-state index is 13.0. The fourth-order valence-electron chi connectivity index (χ4n) is 6.66. The molecule has 0 radical (unpaired) electrons. The molecule has 0 aliphatic carbocycles. The van der Waals surface area contributed by atoms with Crippen molar-refractivity contribution in [3.8, 4) is 0 Å². The molecule has 0 saturated carbocycles. The minimum Gasteiger partial charge on any atom is -0.444 e. The zero-order chi connectivity index (χ0) is 38.6. The van der Waals surface area contributed by atoms with E-state index >= 15 is 0 Å². The van der Waals surface area contributed by atoms with Crippen LogP contribution < -0.4 is 0 Å². The molecule has 1 unspecified atom stereocenters. The summed E-state index contributed by atoms with van der Waals surface area (Å²) in [6.45, 7) is 17.6. The number of ether oxygens (including phenoxy) is 2. The van der Waals surface area contributed by atoms with Crippen LogP contribution in [0.4, 0.5) is 4.79 Å². The second kappa shape index (κ2) is 16.6. The van der Waals surface area contributed by atoms with Gasteiger partial charge in [-0.1, -0.05) is 43.3 Å². The largest absolute Gasteiger partial charge is 0.491 e. The number of allylic oxidation sites excluding steroid dienone is 1. The normalized spacial score (nSPS) is 19.1. The van der Waals surface area contributed by atoms with Crippen LogP contribution in [0.5, 0.6) is 0 Å². The topological polar surface area (TPSA) is 95.4 Å². The zero-order valence-corrected chi connectivity index (χ0v) is 33.5. The lowest BCUT2D eigenvalue weighted by molar-refractivity contribution is -0.123. The van der Waals surface area contributed by atoms with E-state index in [-0.39, 0.29) is 18.7 Å². The molecule has 286 valence electrons. The van der Waals surface area contributed by atoms with E-state index in [1.807, 2.05) is 31.6 Å². The lowest BCUT2D eigenvalue weighted by atomic mass is 9.70. The molecule has 0 N–H and O–H groups in total. The van der Waals surface area contributed by atoms with Gasteiger partial charge in [0.1, 0.15) is 5.60 Å². The Balaban J connectivity index is 1.41. The highest BCUT2D eigenvalue weighted by atomic mass is 16.7. The van der Waals surface area contributed by atoms with Crippen molar-refractivity contribution < 1.29 is 28.4 Å². The molecule has 2 amide bonds. The fourth-order valence-corrected chi connectivity index (χ4v) is 6.66. The van der Waals surface area contributed by atoms with Gasteiger partial charge in [-0.25, -0.2) is 9.48 Å². The molecule has 1 aromatic heterocycles. The molecule has 0 spiro atoms. The van der Waals surface area contributed by atoms with Gasteiger partial charge in [-0.2, -0.15) is 5.10 Å². The summed E-state index contributed by atoms with van der Waals surface area (Å²) >= 11 is 0. The minimum atomic E-state index is -0.619. The quantitative estimate of drug-likeness (QED) is 0.137. The third kappa shape index (κ3) is 9.80. The number of carbonyl (C=O) groups is 2. The van der Waals surface area contributed by atoms with Crippen LogP contribution in [0.25, 0.3) is 16.5 Å². The predicted molar refractivity (Wildman–Crippen MR) is 211 cm³/mol. The van der Waals surface area contributed by atoms with Crippen molar-refractivity contribution in [2.45, 2.75) is 117 Å². The van der Waals surface area contributed by atoms with Crippen molar-refractivity contribution in [1.82, 2.24) is 19.6 Å². The number of carbonyl (C=O) groups excluding carboxylic acids is 2. The number of hydrogen-bond acceptors (Lipinski definition) is 7. The molecule has 11 heteroatoms. The number of hydrogen-bond donors (Lipinski definition) is 0. The number of likely N-dealkylation sites (N-methyl/N-ethyl adjacent to an activating group) is 1. The molecule has 5 rings (SSSR count). The Morgan fingerprint density at radius 2 is 1.70 bits per heavy atom. The van der Waals surface area contributed by atoms with Crippen LogP contribution in [0.2, 0.25) is 0 Å². The van der Waals surface area contributed by atoms with Gasteiger partial charge in [0.15, 0.2) is 6.23 Å². The lowest BCUT2D eigenvalue weighted by Crippen LogP contribution is -2.41. The standard InChI is InChI=1S/C42H59BN4O6/c1-11-34(43-52-41(5,6)42(7,8)53-43)38(32-23-24-35-33(28-32)29-44-47(35)37-18-12-13-27-50-37)31-21-19-30(20-22-31)16-14-25-46(39(49)51-40(2,3)4)26-15-17-36(48)45(9)10/h15,17,19-24,28-29,37H,11-14,16,18,25-27H2,1-10H3/b17-15+,38-34+. The highest BCUT2D eigenvalue weighted by molar-refractivity contribution is 6.56. The van der Waals surface area contributed by atoms with Crippen molar-refractivity contribution >= 4 is 35.6 Å². The van der Waals surface area contributed by atoms with Gasteiger partial charge >= 0.3 is 13.2 Å². The first-order valence-corrected chi connectivity index (χ1v) is 19.1. The van der Waals surface area contributed by atoms with E-state index in [0.29, 0.717) is 6.54 Å². The Morgan fingerprint density at radius 1 is 1.02 bits per heavy atom. The summed E-state index contributed by atoms with van der Waals surface area (Å²) < 4.78 is 27.0. The highest BCUT2D eigenvalue weighted by Gasteiger charge is 2.52. The molecule has 2 saturated heterocycles. The Hall–Kier alpha value is -3.93.